The zero-order valence-electron chi connectivity index (χ0n) is 25.5. The highest BCUT2D eigenvalue weighted by Crippen LogP contribution is 2.37. The lowest BCUT2D eigenvalue weighted by Gasteiger charge is -2.27. The van der Waals surface area contributed by atoms with Crippen molar-refractivity contribution in [1.29, 1.82) is 0 Å². The topological polar surface area (TPSA) is 115 Å². The first-order chi connectivity index (χ1) is 20.2. The second-order valence-electron chi connectivity index (χ2n) is 12.5. The van der Waals surface area contributed by atoms with Crippen molar-refractivity contribution in [3.05, 3.63) is 29.8 Å². The monoisotopic (exact) mass is 584 g/mol. The smallest absolute Gasteiger partial charge is 0.224 e. The number of nitrogens with zero attached hydrogens (tertiary/aromatic N) is 1. The van der Waals surface area contributed by atoms with Gasteiger partial charge in [-0.3, -0.25) is 24.1 Å². The van der Waals surface area contributed by atoms with Gasteiger partial charge in [-0.15, -0.1) is 0 Å². The molecule has 1 saturated carbocycles. The van der Waals surface area contributed by atoms with Crippen molar-refractivity contribution in [3.8, 4) is 5.75 Å². The first-order valence-corrected chi connectivity index (χ1v) is 15.7. The van der Waals surface area contributed by atoms with Gasteiger partial charge in [0.25, 0.3) is 0 Å². The van der Waals surface area contributed by atoms with Gasteiger partial charge in [0.2, 0.25) is 5.91 Å². The van der Waals surface area contributed by atoms with Crippen molar-refractivity contribution in [1.82, 2.24) is 10.2 Å². The van der Waals surface area contributed by atoms with E-state index in [4.69, 9.17) is 14.2 Å². The van der Waals surface area contributed by atoms with Gasteiger partial charge in [-0.1, -0.05) is 44.7 Å². The summed E-state index contributed by atoms with van der Waals surface area (Å²) >= 11 is 0. The molecule has 0 aromatic heterocycles. The van der Waals surface area contributed by atoms with Crippen molar-refractivity contribution < 1.29 is 33.4 Å². The number of benzene rings is 1. The average Bonchev–Trinajstić information content (AvgIpc) is 3.53. The Morgan fingerprint density at radius 2 is 1.71 bits per heavy atom. The number of hydrogen-bond donors (Lipinski definition) is 1. The van der Waals surface area contributed by atoms with Crippen LogP contribution in [0, 0.1) is 17.8 Å². The minimum absolute atomic E-state index is 0.00239. The molecule has 0 radical (unpaired) electrons. The minimum Gasteiger partial charge on any atom is -0.497 e. The Bertz CT molecular complexity index is 1070. The van der Waals surface area contributed by atoms with Crippen LogP contribution in [0.2, 0.25) is 0 Å². The molecule has 3 fully saturated rings. The second-order valence-corrected chi connectivity index (χ2v) is 12.5. The summed E-state index contributed by atoms with van der Waals surface area (Å²) in [7, 11) is 1.60. The molecule has 1 N–H and O–H groups in total. The summed E-state index contributed by atoms with van der Waals surface area (Å²) in [6.07, 6.45) is 6.15. The van der Waals surface area contributed by atoms with Gasteiger partial charge in [0.05, 0.1) is 39.5 Å². The van der Waals surface area contributed by atoms with Gasteiger partial charge in [0, 0.05) is 37.8 Å². The van der Waals surface area contributed by atoms with Crippen LogP contribution in [-0.4, -0.2) is 86.4 Å². The van der Waals surface area contributed by atoms with E-state index < -0.39 is 23.5 Å². The Kier molecular flexibility index (Phi) is 11.7. The van der Waals surface area contributed by atoms with Crippen molar-refractivity contribution >= 4 is 23.3 Å². The van der Waals surface area contributed by atoms with Crippen molar-refractivity contribution in [2.45, 2.75) is 83.3 Å². The van der Waals surface area contributed by atoms with Crippen LogP contribution in [0.1, 0.15) is 70.8 Å². The van der Waals surface area contributed by atoms with Crippen LogP contribution < -0.4 is 10.1 Å². The Balaban J connectivity index is 1.46. The normalized spacial score (nSPS) is 23.1. The lowest BCUT2D eigenvalue weighted by Crippen LogP contribution is -2.47. The lowest BCUT2D eigenvalue weighted by atomic mass is 9.81. The van der Waals surface area contributed by atoms with E-state index in [1.165, 1.54) is 0 Å². The summed E-state index contributed by atoms with van der Waals surface area (Å²) in [5.41, 5.74) is 0.0777. The molecule has 4 atom stereocenters. The fourth-order valence-electron chi connectivity index (χ4n) is 6.30. The molecule has 9 heteroatoms. The number of hydrogen-bond acceptors (Lipinski definition) is 8. The molecule has 2 heterocycles. The summed E-state index contributed by atoms with van der Waals surface area (Å²) in [6.45, 7) is 7.01. The number of methoxy groups -OCH3 is 1. The number of ether oxygens (including phenoxy) is 3. The van der Waals surface area contributed by atoms with Gasteiger partial charge < -0.3 is 19.5 Å². The van der Waals surface area contributed by atoms with E-state index in [2.05, 4.69) is 10.2 Å². The number of rotatable bonds is 17. The molecule has 4 rings (SSSR count). The molecule has 1 aliphatic carbocycles. The predicted octanol–water partition coefficient (Wildman–Crippen LogP) is 3.55. The Morgan fingerprint density at radius 3 is 2.31 bits per heavy atom. The maximum Gasteiger partial charge on any atom is 0.224 e. The predicted molar refractivity (Wildman–Crippen MR) is 158 cm³/mol. The largest absolute Gasteiger partial charge is 0.497 e. The second kappa shape index (κ2) is 15.2. The molecule has 9 nitrogen and oxygen atoms in total. The standard InChI is InChI=1S/C33H48N2O7/c1-4-25(19-27(36)21-35-13-15-41-16-14-35)32(39)34-29(18-24-9-11-28(40-3)12-10-24)30(37)20-26(17-23-7-5-6-8-23)31(38)33(2)22-42-33/h9-12,23,25-26,29H,4-8,13-22H2,1-3H3,(H,34,39). The quantitative estimate of drug-likeness (QED) is 0.277. The molecule has 0 spiro atoms. The number of ketones is 3. The highest BCUT2D eigenvalue weighted by atomic mass is 16.6. The molecule has 2 saturated heterocycles. The number of carbonyl (C=O) groups excluding carboxylic acids is 4. The minimum atomic E-state index is -0.805. The van der Waals surface area contributed by atoms with Gasteiger partial charge in [0.1, 0.15) is 17.1 Å². The van der Waals surface area contributed by atoms with Gasteiger partial charge >= 0.3 is 0 Å². The SMILES string of the molecule is CCC(CC(=O)CN1CCOCC1)C(=O)NC(Cc1ccc(OC)cc1)C(=O)CC(CC1CCCC1)C(=O)C1(C)CO1. The third kappa shape index (κ3) is 9.19. The molecule has 3 aliphatic rings. The number of amides is 1. The van der Waals surface area contributed by atoms with Crippen LogP contribution in [0.25, 0.3) is 0 Å². The molecule has 42 heavy (non-hydrogen) atoms. The van der Waals surface area contributed by atoms with E-state index in [9.17, 15) is 19.2 Å². The number of epoxide rings is 1. The van der Waals surface area contributed by atoms with Crippen LogP contribution in [0.4, 0.5) is 0 Å². The van der Waals surface area contributed by atoms with Crippen LogP contribution in [0.3, 0.4) is 0 Å². The zero-order chi connectivity index (χ0) is 30.1. The number of Topliss-reactive ketones (excluding diaryl/α,β-unsaturated/α-hetero) is 3. The van der Waals surface area contributed by atoms with E-state index in [0.29, 0.717) is 70.4 Å². The summed E-state index contributed by atoms with van der Waals surface area (Å²) in [5.74, 6) is -0.264. The molecule has 1 amide bonds. The molecule has 4 unspecified atom stereocenters. The van der Waals surface area contributed by atoms with Crippen molar-refractivity contribution in [2.75, 3.05) is 46.6 Å². The number of nitrogens with one attached hydrogen (secondary N) is 1. The highest BCUT2D eigenvalue weighted by molar-refractivity contribution is 5.97. The van der Waals surface area contributed by atoms with Crippen LogP contribution >= 0.6 is 0 Å². The Morgan fingerprint density at radius 1 is 1.05 bits per heavy atom. The zero-order valence-corrected chi connectivity index (χ0v) is 25.5. The third-order valence-electron chi connectivity index (χ3n) is 9.15. The molecule has 232 valence electrons. The maximum atomic E-state index is 13.9. The maximum absolute atomic E-state index is 13.9. The molecule has 0 bridgehead atoms. The van der Waals surface area contributed by atoms with E-state index in [0.717, 1.165) is 31.2 Å². The lowest BCUT2D eigenvalue weighted by molar-refractivity contribution is -0.135. The fourth-order valence-corrected chi connectivity index (χ4v) is 6.30. The van der Waals surface area contributed by atoms with E-state index in [1.807, 2.05) is 31.2 Å². The first-order valence-electron chi connectivity index (χ1n) is 15.7. The molecule has 1 aromatic rings. The molecular weight excluding hydrogens is 536 g/mol. The molecule has 2 aliphatic heterocycles. The highest BCUT2D eigenvalue weighted by Gasteiger charge is 2.50. The van der Waals surface area contributed by atoms with E-state index >= 15 is 0 Å². The summed E-state index contributed by atoms with van der Waals surface area (Å²) < 4.78 is 16.1. The van der Waals surface area contributed by atoms with E-state index in [1.54, 1.807) is 14.0 Å². The van der Waals surface area contributed by atoms with Crippen LogP contribution in [0.15, 0.2) is 24.3 Å². The van der Waals surface area contributed by atoms with Crippen molar-refractivity contribution in [3.63, 3.8) is 0 Å². The molecule has 1 aromatic carbocycles. The fraction of sp³-hybridized carbons (Fsp3) is 0.697. The summed E-state index contributed by atoms with van der Waals surface area (Å²) in [6, 6.07) is 6.62. The Labute approximate surface area is 250 Å². The van der Waals surface area contributed by atoms with E-state index in [-0.39, 0.29) is 36.1 Å². The average molecular weight is 585 g/mol. The van der Waals surface area contributed by atoms with Crippen molar-refractivity contribution in [2.24, 2.45) is 17.8 Å². The summed E-state index contributed by atoms with van der Waals surface area (Å²) in [5, 5.41) is 3.00. The first kappa shape index (κ1) is 32.3. The number of carbonyl (C=O) groups is 4. The third-order valence-corrected chi connectivity index (χ3v) is 9.15. The van der Waals surface area contributed by atoms with Gasteiger partial charge in [-0.25, -0.2) is 0 Å². The van der Waals surface area contributed by atoms with Gasteiger partial charge in [-0.2, -0.15) is 0 Å². The molecular formula is C33H48N2O7. The van der Waals surface area contributed by atoms with Gasteiger partial charge in [-0.05, 0) is 49.8 Å². The van der Waals surface area contributed by atoms with Crippen LogP contribution in [0.5, 0.6) is 5.75 Å². The van der Waals surface area contributed by atoms with Crippen LogP contribution in [-0.2, 0) is 35.1 Å². The van der Waals surface area contributed by atoms with Gasteiger partial charge in [0.15, 0.2) is 11.6 Å². The number of morpholine rings is 1. The Hall–Kier alpha value is -2.62. The summed E-state index contributed by atoms with van der Waals surface area (Å²) in [4.78, 5) is 55.8.